The molecular weight excluding hydrogens is 183 g/mol. The summed E-state index contributed by atoms with van der Waals surface area (Å²) in [6.07, 6.45) is 16.5. The van der Waals surface area contributed by atoms with Crippen molar-refractivity contribution in [1.29, 1.82) is 0 Å². The minimum absolute atomic E-state index is 0.0448. The number of hydrogen-bond donors (Lipinski definition) is 1. The van der Waals surface area contributed by atoms with Crippen LogP contribution in [0.5, 0.6) is 0 Å². The van der Waals surface area contributed by atoms with Crippen molar-refractivity contribution >= 4 is 22.1 Å². The molecule has 0 aromatic heterocycles. The molecule has 1 heterocycles. The molecule has 2 radical (unpaired) electrons. The van der Waals surface area contributed by atoms with Crippen LogP contribution in [0.25, 0.3) is 0 Å². The molecule has 0 saturated carbocycles. The molecule has 1 aliphatic rings. The summed E-state index contributed by atoms with van der Waals surface area (Å²) in [5.41, 5.74) is 0. The van der Waals surface area contributed by atoms with Crippen LogP contribution in [0.1, 0.15) is 0 Å². The summed E-state index contributed by atoms with van der Waals surface area (Å²) < 4.78 is 3.91. The maximum Gasteiger partial charge on any atom is 0.303 e. The maximum atomic E-state index is 5.32. The molecule has 1 fully saturated rings. The zero-order chi connectivity index (χ0) is 11.1. The Morgan fingerprint density at radius 2 is 1.53 bits per heavy atom. The first kappa shape index (κ1) is 11.8. The third kappa shape index (κ3) is 3.12. The van der Waals surface area contributed by atoms with Crippen LogP contribution >= 0.6 is 0 Å². The number of rotatable bonds is 3. The Morgan fingerprint density at radius 3 is 1.93 bits per heavy atom. The summed E-state index contributed by atoms with van der Waals surface area (Å²) in [6, 6.07) is 0. The second-order valence-electron chi connectivity index (χ2n) is 3.07. The lowest BCUT2D eigenvalue weighted by Crippen LogP contribution is -2.66. The van der Waals surface area contributed by atoms with Gasteiger partial charge in [-0.3, -0.25) is 0 Å². The van der Waals surface area contributed by atoms with Crippen molar-refractivity contribution in [2.45, 2.75) is 6.32 Å². The van der Waals surface area contributed by atoms with Gasteiger partial charge in [-0.25, -0.2) is 0 Å². The van der Waals surface area contributed by atoms with Crippen molar-refractivity contribution in [3.8, 4) is 37.0 Å². The first-order valence-electron chi connectivity index (χ1n) is 4.58. The zero-order valence-corrected chi connectivity index (χ0v) is 8.48. The van der Waals surface area contributed by atoms with Gasteiger partial charge in [-0.05, 0) is 0 Å². The van der Waals surface area contributed by atoms with E-state index in [0.29, 0.717) is 19.4 Å². The Labute approximate surface area is 93.7 Å². The molecule has 0 amide bonds. The van der Waals surface area contributed by atoms with Gasteiger partial charge in [-0.15, -0.1) is 25.2 Å². The van der Waals surface area contributed by atoms with E-state index in [2.05, 4.69) is 22.9 Å². The Kier molecular flexibility index (Phi) is 4.95. The fraction of sp³-hybridized carbons (Fsp3) is 0.333. The monoisotopic (exact) mass is 193 g/mol. The van der Waals surface area contributed by atoms with E-state index in [9.17, 15) is 0 Å². The lowest BCUT2D eigenvalue weighted by Gasteiger charge is -2.38. The summed E-state index contributed by atoms with van der Waals surface area (Å²) >= 11 is 0. The molecule has 1 saturated heterocycles. The second-order valence-corrected chi connectivity index (χ2v) is 3.07. The van der Waals surface area contributed by atoms with Crippen LogP contribution < -0.4 is 5.14 Å². The molecule has 0 atom stereocenters. The quantitative estimate of drug-likeness (QED) is 0.441. The van der Waals surface area contributed by atoms with E-state index in [0.717, 1.165) is 0 Å². The van der Waals surface area contributed by atoms with Gasteiger partial charge in [0, 0.05) is 19.4 Å². The molecule has 0 bridgehead atoms. The molecule has 0 unspecified atom stereocenters. The fourth-order valence-electron chi connectivity index (χ4n) is 1.44. The molecular formula is C9H10B3N3. The molecule has 0 spiro atoms. The largest absolute Gasteiger partial charge is 0.379 e. The van der Waals surface area contributed by atoms with Crippen molar-refractivity contribution in [3.05, 3.63) is 0 Å². The molecule has 1 N–H and O–H groups in total. The molecule has 3 nitrogen and oxygen atoms in total. The van der Waals surface area contributed by atoms with E-state index in [1.54, 1.807) is 0 Å². The van der Waals surface area contributed by atoms with Crippen LogP contribution in [0.3, 0.4) is 0 Å². The molecule has 70 valence electrons. The SMILES string of the molecule is C#CCB1N(CC#C)[B]N[B]N1CC#C. The second kappa shape index (κ2) is 6.28. The predicted molar refractivity (Wildman–Crippen MR) is 65.1 cm³/mol. The maximum absolute atomic E-state index is 5.32. The van der Waals surface area contributed by atoms with Crippen LogP contribution in [-0.2, 0) is 0 Å². The van der Waals surface area contributed by atoms with Gasteiger partial charge in [0.15, 0.2) is 0 Å². The van der Waals surface area contributed by atoms with Crippen molar-refractivity contribution in [2.75, 3.05) is 13.1 Å². The lowest BCUT2D eigenvalue weighted by molar-refractivity contribution is 0.602. The Bertz CT molecular complexity index is 301. The number of nitrogens with one attached hydrogen (secondary N) is 1. The van der Waals surface area contributed by atoms with Gasteiger partial charge in [0.2, 0.25) is 0 Å². The van der Waals surface area contributed by atoms with E-state index in [-0.39, 0.29) is 6.98 Å². The van der Waals surface area contributed by atoms with Gasteiger partial charge < -0.3 is 14.6 Å². The molecule has 1 rings (SSSR count). The molecule has 0 aromatic carbocycles. The van der Waals surface area contributed by atoms with E-state index >= 15 is 0 Å². The van der Waals surface area contributed by atoms with E-state index in [1.807, 2.05) is 24.5 Å². The summed E-state index contributed by atoms with van der Waals surface area (Å²) in [5.74, 6) is 7.79. The minimum atomic E-state index is 0.0448. The molecule has 0 aromatic rings. The van der Waals surface area contributed by atoms with Crippen LogP contribution in [0, 0.1) is 37.0 Å². The predicted octanol–water partition coefficient (Wildman–Crippen LogP) is -1.35. The number of hydrogen-bond acceptors (Lipinski definition) is 3. The van der Waals surface area contributed by atoms with Crippen LogP contribution in [-0.4, -0.2) is 44.6 Å². The highest BCUT2D eigenvalue weighted by Crippen LogP contribution is 2.06. The van der Waals surface area contributed by atoms with Crippen molar-refractivity contribution in [1.82, 2.24) is 14.6 Å². The fourth-order valence-corrected chi connectivity index (χ4v) is 1.44. The first-order valence-corrected chi connectivity index (χ1v) is 4.58. The highest BCUT2D eigenvalue weighted by Gasteiger charge is 2.33. The minimum Gasteiger partial charge on any atom is -0.379 e. The van der Waals surface area contributed by atoms with Crippen molar-refractivity contribution < 1.29 is 0 Å². The smallest absolute Gasteiger partial charge is 0.303 e. The third-order valence-electron chi connectivity index (χ3n) is 2.09. The lowest BCUT2D eigenvalue weighted by atomic mass is 9.57. The Balaban J connectivity index is 2.68. The summed E-state index contributed by atoms with van der Waals surface area (Å²) in [6.45, 7) is 1.06. The van der Waals surface area contributed by atoms with E-state index in [1.165, 1.54) is 0 Å². The average molecular weight is 193 g/mol. The molecule has 1 aliphatic heterocycles. The normalized spacial score (nSPS) is 16.7. The average Bonchev–Trinajstić information content (AvgIpc) is 2.23. The number of terminal acetylenes is 3. The van der Waals surface area contributed by atoms with Gasteiger partial charge in [0.25, 0.3) is 15.1 Å². The highest BCUT2D eigenvalue weighted by molar-refractivity contribution is 6.74. The summed E-state index contributed by atoms with van der Waals surface area (Å²) in [4.78, 5) is 0. The highest BCUT2D eigenvalue weighted by atomic mass is 15.2. The van der Waals surface area contributed by atoms with Crippen LogP contribution in [0.4, 0.5) is 0 Å². The zero-order valence-electron chi connectivity index (χ0n) is 8.48. The van der Waals surface area contributed by atoms with Crippen molar-refractivity contribution in [3.63, 3.8) is 0 Å². The van der Waals surface area contributed by atoms with Gasteiger partial charge in [0.05, 0.1) is 0 Å². The van der Waals surface area contributed by atoms with Gasteiger partial charge in [-0.2, -0.15) is 0 Å². The first-order chi connectivity index (χ1) is 7.33. The van der Waals surface area contributed by atoms with Crippen LogP contribution in [0.15, 0.2) is 0 Å². The Hall–Kier alpha value is -1.25. The third-order valence-corrected chi connectivity index (χ3v) is 2.09. The van der Waals surface area contributed by atoms with Gasteiger partial charge in [0.1, 0.15) is 0 Å². The van der Waals surface area contributed by atoms with Gasteiger partial charge in [-0.1, -0.05) is 11.8 Å². The summed E-state index contributed by atoms with van der Waals surface area (Å²) in [7, 11) is 3.63. The Morgan fingerprint density at radius 1 is 1.00 bits per heavy atom. The van der Waals surface area contributed by atoms with Crippen molar-refractivity contribution in [2.24, 2.45) is 0 Å². The van der Waals surface area contributed by atoms with Gasteiger partial charge >= 0.3 is 6.98 Å². The molecule has 6 heteroatoms. The number of nitrogens with zero attached hydrogens (tertiary/aromatic N) is 2. The molecule has 0 aliphatic carbocycles. The standard InChI is InChI=1S/C9H10B3N3/c1-4-7-12-14(8-5-2)10-13-11-15(12)9-6-3/h1-3,13H,7-9H2. The summed E-state index contributed by atoms with van der Waals surface area (Å²) in [5, 5.41) is 2.99. The van der Waals surface area contributed by atoms with E-state index < -0.39 is 0 Å². The van der Waals surface area contributed by atoms with E-state index in [4.69, 9.17) is 19.3 Å². The topological polar surface area (TPSA) is 18.5 Å². The van der Waals surface area contributed by atoms with Crippen LogP contribution in [0.2, 0.25) is 6.32 Å². The molecule has 15 heavy (non-hydrogen) atoms.